The number of rotatable bonds is 8. The molecule has 2 aromatic rings. The van der Waals surface area contributed by atoms with E-state index < -0.39 is 6.04 Å². The van der Waals surface area contributed by atoms with Crippen molar-refractivity contribution in [2.45, 2.75) is 45.1 Å². The summed E-state index contributed by atoms with van der Waals surface area (Å²) in [5.74, 6) is 0.447. The van der Waals surface area contributed by atoms with Gasteiger partial charge in [0.15, 0.2) is 16.7 Å². The number of nitrogens with one attached hydrogen (secondary N) is 1. The van der Waals surface area contributed by atoms with Crippen LogP contribution in [0, 0.1) is 5.92 Å². The molecular weight excluding hydrogens is 366 g/mol. The molecule has 2 N–H and O–H groups in total. The zero-order valence-electron chi connectivity index (χ0n) is 15.3. The Morgan fingerprint density at radius 1 is 1.37 bits per heavy atom. The van der Waals surface area contributed by atoms with Gasteiger partial charge < -0.3 is 15.2 Å². The zero-order valence-corrected chi connectivity index (χ0v) is 16.1. The van der Waals surface area contributed by atoms with Crippen LogP contribution in [0.25, 0.3) is 0 Å². The van der Waals surface area contributed by atoms with Crippen molar-refractivity contribution in [1.29, 1.82) is 0 Å². The van der Waals surface area contributed by atoms with Crippen LogP contribution in [0.5, 0.6) is 11.5 Å². The first-order valence-corrected chi connectivity index (χ1v) is 9.70. The summed E-state index contributed by atoms with van der Waals surface area (Å²) >= 11 is 6.25. The van der Waals surface area contributed by atoms with E-state index in [9.17, 15) is 9.90 Å². The summed E-state index contributed by atoms with van der Waals surface area (Å²) in [6.07, 6.45) is 7.80. The summed E-state index contributed by atoms with van der Waals surface area (Å²) in [5.41, 5.74) is 1.20. The predicted octanol–water partition coefficient (Wildman–Crippen LogP) is 4.02. The smallest absolute Gasteiger partial charge is 0.223 e. The number of halogens is 1. The average molecular weight is 390 g/mol. The van der Waals surface area contributed by atoms with Crippen LogP contribution in [0.2, 0.25) is 5.15 Å². The summed E-state index contributed by atoms with van der Waals surface area (Å²) in [4.78, 5) is 21.0. The number of amides is 1. The van der Waals surface area contributed by atoms with E-state index in [-0.39, 0.29) is 22.7 Å². The maximum atomic E-state index is 12.6. The van der Waals surface area contributed by atoms with Crippen molar-refractivity contribution in [3.05, 3.63) is 47.0 Å². The van der Waals surface area contributed by atoms with Crippen LogP contribution in [0.15, 0.2) is 30.6 Å². The van der Waals surface area contributed by atoms with Crippen LogP contribution in [-0.4, -0.2) is 27.6 Å². The van der Waals surface area contributed by atoms with Crippen LogP contribution in [0.4, 0.5) is 0 Å². The van der Waals surface area contributed by atoms with E-state index in [1.807, 2.05) is 0 Å². The number of ether oxygens (including phenoxy) is 1. The third-order valence-electron chi connectivity index (χ3n) is 4.79. The molecule has 1 aromatic carbocycles. The summed E-state index contributed by atoms with van der Waals surface area (Å²) in [7, 11) is 0. The predicted molar refractivity (Wildman–Crippen MR) is 103 cm³/mol. The van der Waals surface area contributed by atoms with Crippen molar-refractivity contribution in [3.63, 3.8) is 0 Å². The third-order valence-corrected chi connectivity index (χ3v) is 5.08. The van der Waals surface area contributed by atoms with Crippen molar-refractivity contribution < 1.29 is 14.6 Å². The number of phenolic OH excluding ortho intramolecular Hbond substituents is 1. The second-order valence-electron chi connectivity index (χ2n) is 6.73. The van der Waals surface area contributed by atoms with Gasteiger partial charge in [0.2, 0.25) is 5.91 Å². The molecule has 1 fully saturated rings. The molecule has 1 aliphatic carbocycles. The van der Waals surface area contributed by atoms with Crippen LogP contribution in [-0.2, 0) is 4.79 Å². The third kappa shape index (κ3) is 4.69. The van der Waals surface area contributed by atoms with Gasteiger partial charge in [0.25, 0.3) is 0 Å². The van der Waals surface area contributed by atoms with E-state index in [1.165, 1.54) is 6.20 Å². The lowest BCUT2D eigenvalue weighted by Crippen LogP contribution is -2.37. The van der Waals surface area contributed by atoms with Gasteiger partial charge in [0.1, 0.15) is 5.69 Å². The van der Waals surface area contributed by atoms with Gasteiger partial charge in [0, 0.05) is 18.3 Å². The Hall–Kier alpha value is -2.34. The largest absolute Gasteiger partial charge is 0.504 e. The average Bonchev–Trinajstić information content (AvgIpc) is 2.61. The van der Waals surface area contributed by atoms with Crippen molar-refractivity contribution in [2.24, 2.45) is 5.92 Å². The Balaban J connectivity index is 1.91. The molecule has 0 radical (unpaired) electrons. The number of carbonyl (C=O) groups is 1. The first kappa shape index (κ1) is 19.4. The molecule has 7 heteroatoms. The fraction of sp³-hybridized carbons (Fsp3) is 0.450. The highest BCUT2D eigenvalue weighted by Gasteiger charge is 2.29. The van der Waals surface area contributed by atoms with E-state index in [2.05, 4.69) is 22.2 Å². The van der Waals surface area contributed by atoms with E-state index in [0.717, 1.165) is 37.7 Å². The molecule has 1 saturated carbocycles. The maximum absolute atomic E-state index is 12.6. The number of unbranched alkanes of at least 4 members (excludes halogenated alkanes) is 1. The van der Waals surface area contributed by atoms with Crippen LogP contribution in [0.3, 0.4) is 0 Å². The van der Waals surface area contributed by atoms with Gasteiger partial charge in [-0.2, -0.15) is 0 Å². The number of phenols is 1. The molecule has 3 rings (SSSR count). The number of benzene rings is 1. The highest BCUT2D eigenvalue weighted by molar-refractivity contribution is 6.30. The minimum Gasteiger partial charge on any atom is -0.504 e. The molecule has 1 aliphatic rings. The maximum Gasteiger partial charge on any atom is 0.223 e. The van der Waals surface area contributed by atoms with E-state index in [0.29, 0.717) is 18.1 Å². The Labute approximate surface area is 163 Å². The van der Waals surface area contributed by atoms with Crippen molar-refractivity contribution >= 4 is 17.5 Å². The van der Waals surface area contributed by atoms with Gasteiger partial charge in [-0.15, -0.1) is 0 Å². The van der Waals surface area contributed by atoms with Gasteiger partial charge in [-0.3, -0.25) is 9.78 Å². The summed E-state index contributed by atoms with van der Waals surface area (Å²) in [6.45, 7) is 2.58. The Morgan fingerprint density at radius 2 is 2.15 bits per heavy atom. The molecule has 0 bridgehead atoms. The monoisotopic (exact) mass is 389 g/mol. The van der Waals surface area contributed by atoms with Gasteiger partial charge in [-0.05, 0) is 37.0 Å². The van der Waals surface area contributed by atoms with E-state index in [1.54, 1.807) is 24.4 Å². The Bertz CT molecular complexity index is 796. The molecule has 0 saturated heterocycles. The molecule has 0 aliphatic heterocycles. The molecule has 27 heavy (non-hydrogen) atoms. The topological polar surface area (TPSA) is 84.3 Å². The minimum atomic E-state index is -0.562. The quantitative estimate of drug-likeness (QED) is 0.666. The lowest BCUT2D eigenvalue weighted by atomic mass is 9.84. The summed E-state index contributed by atoms with van der Waals surface area (Å²) in [6, 6.07) is 4.46. The molecule has 6 nitrogen and oxygen atoms in total. The second kappa shape index (κ2) is 9.04. The number of carbonyl (C=O) groups excluding carboxylic acids is 1. The summed E-state index contributed by atoms with van der Waals surface area (Å²) < 4.78 is 5.69. The molecule has 1 amide bonds. The minimum absolute atomic E-state index is 0.0190. The SMILES string of the molecule is CCCCOc1cc(C(NC(=O)C2CCC2)c2nccnc2Cl)ccc1O. The standard InChI is InChI=1S/C20H24ClN3O3/c1-2-3-11-27-16-12-14(7-8-15(16)25)17(18-19(21)23-10-9-22-18)24-20(26)13-5-4-6-13/h7-10,12-13,17,25H,2-6,11H2,1H3,(H,24,26). The highest BCUT2D eigenvalue weighted by atomic mass is 35.5. The molecular formula is C20H24ClN3O3. The van der Waals surface area contributed by atoms with Crippen LogP contribution in [0.1, 0.15) is 56.3 Å². The summed E-state index contributed by atoms with van der Waals surface area (Å²) in [5, 5.41) is 13.4. The highest BCUT2D eigenvalue weighted by Crippen LogP contribution is 2.34. The number of aromatic hydroxyl groups is 1. The van der Waals surface area contributed by atoms with E-state index >= 15 is 0 Å². The zero-order chi connectivity index (χ0) is 19.2. The van der Waals surface area contributed by atoms with Gasteiger partial charge in [0.05, 0.1) is 12.6 Å². The Morgan fingerprint density at radius 3 is 2.81 bits per heavy atom. The number of hydrogen-bond acceptors (Lipinski definition) is 5. The van der Waals surface area contributed by atoms with Crippen LogP contribution < -0.4 is 10.1 Å². The lowest BCUT2D eigenvalue weighted by Gasteiger charge is -2.28. The van der Waals surface area contributed by atoms with Crippen LogP contribution >= 0.6 is 11.6 Å². The number of hydrogen-bond donors (Lipinski definition) is 2. The van der Waals surface area contributed by atoms with Gasteiger partial charge in [-0.25, -0.2) is 4.98 Å². The van der Waals surface area contributed by atoms with Gasteiger partial charge in [-0.1, -0.05) is 37.4 Å². The first-order chi connectivity index (χ1) is 13.1. The molecule has 1 heterocycles. The fourth-order valence-corrected chi connectivity index (χ4v) is 3.13. The van der Waals surface area contributed by atoms with Crippen molar-refractivity contribution in [3.8, 4) is 11.5 Å². The number of aromatic nitrogens is 2. The Kier molecular flexibility index (Phi) is 6.50. The molecule has 1 unspecified atom stereocenters. The fourth-order valence-electron chi connectivity index (χ4n) is 2.92. The second-order valence-corrected chi connectivity index (χ2v) is 7.09. The first-order valence-electron chi connectivity index (χ1n) is 9.32. The van der Waals surface area contributed by atoms with E-state index in [4.69, 9.17) is 16.3 Å². The molecule has 0 spiro atoms. The van der Waals surface area contributed by atoms with Crippen molar-refractivity contribution in [2.75, 3.05) is 6.61 Å². The number of nitrogens with zero attached hydrogens (tertiary/aromatic N) is 2. The van der Waals surface area contributed by atoms with Gasteiger partial charge >= 0.3 is 0 Å². The molecule has 1 atom stereocenters. The van der Waals surface area contributed by atoms with Crippen molar-refractivity contribution in [1.82, 2.24) is 15.3 Å². The molecule has 1 aromatic heterocycles. The molecule has 144 valence electrons. The lowest BCUT2D eigenvalue weighted by molar-refractivity contribution is -0.127. The normalized spacial score (nSPS) is 15.0.